The van der Waals surface area contributed by atoms with Gasteiger partial charge in [-0.05, 0) is 24.3 Å². The molecule has 1 aromatic rings. The first-order valence-corrected chi connectivity index (χ1v) is 6.64. The number of anilines is 1. The number of rotatable bonds is 6. The van der Waals surface area contributed by atoms with Gasteiger partial charge in [-0.3, -0.25) is 9.59 Å². The van der Waals surface area contributed by atoms with E-state index in [9.17, 15) is 9.59 Å². The van der Waals surface area contributed by atoms with Crippen molar-refractivity contribution in [2.45, 2.75) is 13.3 Å². The number of nitrogens with zero attached hydrogens (tertiary/aromatic N) is 1. The van der Waals surface area contributed by atoms with Crippen LogP contribution in [0.15, 0.2) is 24.3 Å². The predicted molar refractivity (Wildman–Crippen MR) is 72.6 cm³/mol. The van der Waals surface area contributed by atoms with Crippen molar-refractivity contribution in [2.24, 2.45) is 0 Å². The van der Waals surface area contributed by atoms with Gasteiger partial charge in [0.2, 0.25) is 5.91 Å². The number of amides is 1. The third kappa shape index (κ3) is 5.02. The molecule has 18 heavy (non-hydrogen) atoms. The van der Waals surface area contributed by atoms with Crippen LogP contribution in [0.4, 0.5) is 5.69 Å². The van der Waals surface area contributed by atoms with E-state index < -0.39 is 0 Å². The molecule has 0 heterocycles. The van der Waals surface area contributed by atoms with Gasteiger partial charge in [0.15, 0.2) is 5.78 Å². The van der Waals surface area contributed by atoms with E-state index in [4.69, 9.17) is 5.26 Å². The van der Waals surface area contributed by atoms with Crippen LogP contribution in [0.25, 0.3) is 0 Å². The average Bonchev–Trinajstić information content (AvgIpc) is 2.34. The second-order valence-electron chi connectivity index (χ2n) is 3.64. The number of thioether (sulfide) groups is 1. The van der Waals surface area contributed by atoms with Crippen LogP contribution in [-0.2, 0) is 4.79 Å². The number of carbonyl (C=O) groups is 2. The number of ketones is 1. The van der Waals surface area contributed by atoms with Gasteiger partial charge < -0.3 is 5.32 Å². The molecule has 0 saturated carbocycles. The van der Waals surface area contributed by atoms with Crippen molar-refractivity contribution >= 4 is 29.1 Å². The quantitative estimate of drug-likeness (QED) is 0.631. The summed E-state index contributed by atoms with van der Waals surface area (Å²) in [7, 11) is 0. The lowest BCUT2D eigenvalue weighted by molar-refractivity contribution is -0.114. The van der Waals surface area contributed by atoms with Crippen molar-refractivity contribution in [3.8, 4) is 6.07 Å². The summed E-state index contributed by atoms with van der Waals surface area (Å²) >= 11 is 1.45. The molecule has 1 rings (SSSR count). The largest absolute Gasteiger partial charge is 0.326 e. The van der Waals surface area contributed by atoms with Gasteiger partial charge in [0.1, 0.15) is 0 Å². The molecule has 0 fully saturated rings. The molecule has 0 aliphatic rings. The molecule has 0 atom stereocenters. The van der Waals surface area contributed by atoms with Crippen molar-refractivity contribution in [1.82, 2.24) is 0 Å². The van der Waals surface area contributed by atoms with Crippen molar-refractivity contribution in [3.05, 3.63) is 29.8 Å². The van der Waals surface area contributed by atoms with Crippen LogP contribution < -0.4 is 5.32 Å². The maximum absolute atomic E-state index is 11.8. The van der Waals surface area contributed by atoms with E-state index in [1.807, 2.05) is 6.07 Å². The lowest BCUT2D eigenvalue weighted by atomic mass is 10.1. The summed E-state index contributed by atoms with van der Waals surface area (Å²) in [5.74, 6) is 0.946. The molecule has 0 bridgehead atoms. The summed E-state index contributed by atoms with van der Waals surface area (Å²) in [5.41, 5.74) is 1.30. The monoisotopic (exact) mass is 262 g/mol. The fourth-order valence-corrected chi connectivity index (χ4v) is 2.04. The number of nitrogens with one attached hydrogen (secondary N) is 1. The van der Waals surface area contributed by atoms with Gasteiger partial charge in [-0.15, -0.1) is 0 Å². The number of hydrogen-bond acceptors (Lipinski definition) is 4. The molecule has 0 radical (unpaired) electrons. The molecule has 4 nitrogen and oxygen atoms in total. The lowest BCUT2D eigenvalue weighted by Gasteiger charge is -2.03. The minimum atomic E-state index is -0.138. The molecule has 0 aliphatic heterocycles. The fourth-order valence-electron chi connectivity index (χ4n) is 1.31. The van der Waals surface area contributed by atoms with E-state index in [2.05, 4.69) is 5.32 Å². The number of Topliss-reactive ketones (excluding diaryl/α,β-unsaturated/α-hetero) is 1. The molecule has 0 unspecified atom stereocenters. The Labute approximate surface area is 110 Å². The third-order valence-electron chi connectivity index (χ3n) is 2.12. The molecule has 0 aliphatic carbocycles. The molecule has 1 N–H and O–H groups in total. The molecule has 0 saturated heterocycles. The Balaban J connectivity index is 2.49. The molecule has 0 aromatic heterocycles. The Morgan fingerprint density at radius 2 is 2.00 bits per heavy atom. The highest BCUT2D eigenvalue weighted by molar-refractivity contribution is 7.99. The standard InChI is InChI=1S/C13H14N2O2S/c1-10(16)15-12-5-3-11(4-6-12)13(17)9-18-8-2-7-14/h3-6H,2,8-9H2,1H3,(H,15,16). The van der Waals surface area contributed by atoms with Gasteiger partial charge in [0, 0.05) is 30.3 Å². The van der Waals surface area contributed by atoms with Crippen molar-refractivity contribution in [2.75, 3.05) is 16.8 Å². The smallest absolute Gasteiger partial charge is 0.221 e. The Morgan fingerprint density at radius 1 is 1.33 bits per heavy atom. The minimum Gasteiger partial charge on any atom is -0.326 e. The van der Waals surface area contributed by atoms with Crippen LogP contribution >= 0.6 is 11.8 Å². The van der Waals surface area contributed by atoms with Crippen LogP contribution in [0.1, 0.15) is 23.7 Å². The SMILES string of the molecule is CC(=O)Nc1ccc(C(=O)CSCCC#N)cc1. The molecular formula is C13H14N2O2S. The fraction of sp³-hybridized carbons (Fsp3) is 0.308. The Morgan fingerprint density at radius 3 is 2.56 bits per heavy atom. The highest BCUT2D eigenvalue weighted by Crippen LogP contribution is 2.12. The van der Waals surface area contributed by atoms with Gasteiger partial charge in [0.25, 0.3) is 0 Å². The van der Waals surface area contributed by atoms with Crippen molar-refractivity contribution in [3.63, 3.8) is 0 Å². The van der Waals surface area contributed by atoms with Crippen LogP contribution in [-0.4, -0.2) is 23.2 Å². The zero-order chi connectivity index (χ0) is 13.4. The third-order valence-corrected chi connectivity index (χ3v) is 3.08. The van der Waals surface area contributed by atoms with Gasteiger partial charge in [-0.2, -0.15) is 17.0 Å². The van der Waals surface area contributed by atoms with Crippen molar-refractivity contribution in [1.29, 1.82) is 5.26 Å². The summed E-state index contributed by atoms with van der Waals surface area (Å²) in [6.45, 7) is 1.44. The van der Waals surface area contributed by atoms with Gasteiger partial charge in [-0.25, -0.2) is 0 Å². The molecule has 1 aromatic carbocycles. The van der Waals surface area contributed by atoms with Crippen LogP contribution in [0.5, 0.6) is 0 Å². The van der Waals surface area contributed by atoms with Gasteiger partial charge >= 0.3 is 0 Å². The molecule has 1 amide bonds. The summed E-state index contributed by atoms with van der Waals surface area (Å²) in [6, 6.07) is 8.83. The van der Waals surface area contributed by atoms with E-state index in [1.165, 1.54) is 18.7 Å². The first kappa shape index (κ1) is 14.3. The molecule has 94 valence electrons. The van der Waals surface area contributed by atoms with E-state index in [1.54, 1.807) is 24.3 Å². The maximum atomic E-state index is 11.8. The Hall–Kier alpha value is -1.80. The predicted octanol–water partition coefficient (Wildman–Crippen LogP) is 2.47. The van der Waals surface area contributed by atoms with E-state index in [0.29, 0.717) is 29.2 Å². The van der Waals surface area contributed by atoms with Crippen molar-refractivity contribution < 1.29 is 9.59 Å². The summed E-state index contributed by atoms with van der Waals surface area (Å²) in [4.78, 5) is 22.6. The van der Waals surface area contributed by atoms with Crippen LogP contribution in [0.2, 0.25) is 0 Å². The first-order valence-electron chi connectivity index (χ1n) is 5.49. The minimum absolute atomic E-state index is 0.0346. The van der Waals surface area contributed by atoms with E-state index >= 15 is 0 Å². The summed E-state index contributed by atoms with van der Waals surface area (Å²) in [6.07, 6.45) is 0.458. The van der Waals surface area contributed by atoms with Gasteiger partial charge in [0.05, 0.1) is 11.8 Å². The Bertz CT molecular complexity index is 463. The van der Waals surface area contributed by atoms with E-state index in [0.717, 1.165) is 0 Å². The number of nitriles is 1. The highest BCUT2D eigenvalue weighted by Gasteiger charge is 2.05. The number of benzene rings is 1. The summed E-state index contributed by atoms with van der Waals surface area (Å²) in [5, 5.41) is 11.0. The molecule has 0 spiro atoms. The zero-order valence-electron chi connectivity index (χ0n) is 10.1. The molecular weight excluding hydrogens is 248 g/mol. The topological polar surface area (TPSA) is 70.0 Å². The first-order chi connectivity index (χ1) is 8.63. The second-order valence-corrected chi connectivity index (χ2v) is 4.75. The van der Waals surface area contributed by atoms with Crippen LogP contribution in [0, 0.1) is 11.3 Å². The van der Waals surface area contributed by atoms with E-state index in [-0.39, 0.29) is 11.7 Å². The second kappa shape index (κ2) is 7.51. The summed E-state index contributed by atoms with van der Waals surface area (Å²) < 4.78 is 0. The zero-order valence-corrected chi connectivity index (χ0v) is 10.9. The average molecular weight is 262 g/mol. The van der Waals surface area contributed by atoms with Crippen LogP contribution in [0.3, 0.4) is 0 Å². The number of carbonyl (C=O) groups excluding carboxylic acids is 2. The number of hydrogen-bond donors (Lipinski definition) is 1. The Kier molecular flexibility index (Phi) is 5.95. The van der Waals surface area contributed by atoms with Gasteiger partial charge in [-0.1, -0.05) is 0 Å². The lowest BCUT2D eigenvalue weighted by Crippen LogP contribution is -2.07. The highest BCUT2D eigenvalue weighted by atomic mass is 32.2. The normalized spacial score (nSPS) is 9.56. The maximum Gasteiger partial charge on any atom is 0.221 e. The molecule has 5 heteroatoms.